The Balaban J connectivity index is 1.45. The number of ether oxygens (including phenoxy) is 3. The second-order valence-corrected chi connectivity index (χ2v) is 10.8. The molecule has 4 rings (SSSR count). The van der Waals surface area contributed by atoms with E-state index in [-0.39, 0.29) is 40.9 Å². The lowest BCUT2D eigenvalue weighted by Gasteiger charge is -2.30. The highest BCUT2D eigenvalue weighted by Crippen LogP contribution is 2.40. The maximum absolute atomic E-state index is 14.0. The number of sulfonamides is 1. The van der Waals surface area contributed by atoms with Crippen molar-refractivity contribution in [1.82, 2.24) is 9.46 Å². The van der Waals surface area contributed by atoms with E-state index in [4.69, 9.17) is 18.7 Å². The molecule has 1 amide bonds. The van der Waals surface area contributed by atoms with Crippen molar-refractivity contribution in [2.45, 2.75) is 24.7 Å². The van der Waals surface area contributed by atoms with Crippen LogP contribution in [0.3, 0.4) is 0 Å². The van der Waals surface area contributed by atoms with Crippen LogP contribution in [0.2, 0.25) is 0 Å². The van der Waals surface area contributed by atoms with Gasteiger partial charge in [0.05, 0.1) is 21.3 Å². The van der Waals surface area contributed by atoms with E-state index in [1.54, 1.807) is 30.3 Å². The van der Waals surface area contributed by atoms with Crippen molar-refractivity contribution in [3.63, 3.8) is 0 Å². The van der Waals surface area contributed by atoms with Crippen molar-refractivity contribution in [1.29, 1.82) is 0 Å². The number of halogens is 1. The van der Waals surface area contributed by atoms with Crippen LogP contribution in [0.15, 0.2) is 45.8 Å². The summed E-state index contributed by atoms with van der Waals surface area (Å²) in [4.78, 5) is 12.9. The maximum atomic E-state index is 14.0. The Morgan fingerprint density at radius 2 is 1.72 bits per heavy atom. The fraction of sp³-hybridized carbons (Fsp3) is 0.333. The average molecular weight is 560 g/mol. The molecule has 3 aromatic rings. The van der Waals surface area contributed by atoms with Crippen molar-refractivity contribution in [3.8, 4) is 17.2 Å². The molecule has 2 heterocycles. The molecule has 0 atom stereocenters. The summed E-state index contributed by atoms with van der Waals surface area (Å²) in [6, 6.07) is 9.37. The van der Waals surface area contributed by atoms with Crippen LogP contribution in [0.1, 0.15) is 29.9 Å². The van der Waals surface area contributed by atoms with Gasteiger partial charge in [-0.15, -0.1) is 0 Å². The Hall–Kier alpha value is -3.90. The van der Waals surface area contributed by atoms with Crippen LogP contribution >= 0.6 is 0 Å². The number of benzene rings is 2. The predicted octanol–water partition coefficient (Wildman–Crippen LogP) is 4.36. The molecule has 0 spiro atoms. The second kappa shape index (κ2) is 11.9. The molecule has 1 aliphatic heterocycles. The third kappa shape index (κ3) is 5.91. The van der Waals surface area contributed by atoms with Gasteiger partial charge in [0.15, 0.2) is 22.2 Å². The molecular weight excluding hydrogens is 529 g/mol. The molecule has 0 aliphatic carbocycles. The Morgan fingerprint density at radius 1 is 1.08 bits per heavy atom. The molecule has 0 radical (unpaired) electrons. The van der Waals surface area contributed by atoms with E-state index in [2.05, 4.69) is 10.5 Å². The van der Waals surface area contributed by atoms with Gasteiger partial charge in [0.1, 0.15) is 11.5 Å². The fourth-order valence-corrected chi connectivity index (χ4v) is 6.18. The largest absolute Gasteiger partial charge is 0.493 e. The molecule has 1 saturated heterocycles. The Morgan fingerprint density at radius 3 is 2.31 bits per heavy atom. The first-order valence-corrected chi connectivity index (χ1v) is 13.6. The van der Waals surface area contributed by atoms with Gasteiger partial charge >= 0.3 is 0 Å². The van der Waals surface area contributed by atoms with Crippen LogP contribution in [0.5, 0.6) is 17.2 Å². The van der Waals surface area contributed by atoms with Gasteiger partial charge in [-0.1, -0.05) is 23.4 Å². The van der Waals surface area contributed by atoms with Gasteiger partial charge in [-0.25, -0.2) is 12.8 Å². The number of carbonyl (C=O) groups excluding carboxylic acids is 1. The lowest BCUT2D eigenvalue weighted by molar-refractivity contribution is -0.120. The number of piperidine rings is 1. The smallest absolute Gasteiger partial charge is 0.248 e. The van der Waals surface area contributed by atoms with Crippen molar-refractivity contribution in [3.05, 3.63) is 59.2 Å². The van der Waals surface area contributed by atoms with E-state index >= 15 is 0 Å². The number of nitrogens with one attached hydrogen (secondary N) is 1. The Kier molecular flexibility index (Phi) is 8.56. The quantitative estimate of drug-likeness (QED) is 0.411. The first-order valence-electron chi connectivity index (χ1n) is 12.2. The summed E-state index contributed by atoms with van der Waals surface area (Å²) in [5.74, 6) is 0.132. The molecular formula is C27H30FN3O7S. The van der Waals surface area contributed by atoms with E-state index in [9.17, 15) is 17.6 Å². The van der Waals surface area contributed by atoms with Crippen LogP contribution in [0, 0.1) is 18.7 Å². The van der Waals surface area contributed by atoms with Gasteiger partial charge in [-0.3, -0.25) is 4.79 Å². The molecule has 1 fully saturated rings. The summed E-state index contributed by atoms with van der Waals surface area (Å²) in [6.07, 6.45) is 3.47. The molecule has 0 saturated carbocycles. The van der Waals surface area contributed by atoms with E-state index in [1.807, 2.05) is 0 Å². The van der Waals surface area contributed by atoms with Gasteiger partial charge in [-0.05, 0) is 38.0 Å². The first kappa shape index (κ1) is 28.1. The second-order valence-electron chi connectivity index (χ2n) is 8.90. The predicted molar refractivity (Wildman–Crippen MR) is 143 cm³/mol. The summed E-state index contributed by atoms with van der Waals surface area (Å²) < 4.78 is 63.6. The summed E-state index contributed by atoms with van der Waals surface area (Å²) >= 11 is 0. The average Bonchev–Trinajstić information content (AvgIpc) is 3.32. The molecule has 208 valence electrons. The summed E-state index contributed by atoms with van der Waals surface area (Å²) in [6.45, 7) is 1.81. The molecule has 1 aliphatic rings. The number of methoxy groups -OCH3 is 3. The topological polar surface area (TPSA) is 120 Å². The number of hydrogen-bond donors (Lipinski definition) is 1. The molecule has 1 N–H and O–H groups in total. The molecule has 10 nitrogen and oxygen atoms in total. The number of hydrogen-bond acceptors (Lipinski definition) is 8. The number of aryl methyl sites for hydroxylation is 1. The van der Waals surface area contributed by atoms with E-state index in [1.165, 1.54) is 50.8 Å². The normalized spacial score (nSPS) is 14.9. The zero-order chi connectivity index (χ0) is 28.2. The molecule has 1 aromatic heterocycles. The lowest BCUT2D eigenvalue weighted by atomic mass is 9.97. The van der Waals surface area contributed by atoms with E-state index < -0.39 is 21.8 Å². The maximum Gasteiger partial charge on any atom is 0.248 e. The van der Waals surface area contributed by atoms with Crippen molar-refractivity contribution in [2.75, 3.05) is 39.7 Å². The van der Waals surface area contributed by atoms with Gasteiger partial charge in [0.2, 0.25) is 21.7 Å². The zero-order valence-electron chi connectivity index (χ0n) is 22.1. The summed E-state index contributed by atoms with van der Waals surface area (Å²) in [5, 5.41) is 6.68. The van der Waals surface area contributed by atoms with Crippen LogP contribution in [-0.4, -0.2) is 58.2 Å². The van der Waals surface area contributed by atoms with Gasteiger partial charge < -0.3 is 24.1 Å². The van der Waals surface area contributed by atoms with Crippen molar-refractivity contribution in [2.24, 2.45) is 5.92 Å². The Bertz CT molecular complexity index is 1450. The number of aromatic nitrogens is 1. The van der Waals surface area contributed by atoms with Crippen LogP contribution in [0.4, 0.5) is 10.1 Å². The number of nitrogens with zero attached hydrogens (tertiary/aromatic N) is 2. The highest BCUT2D eigenvalue weighted by molar-refractivity contribution is 7.89. The fourth-order valence-electron chi connectivity index (χ4n) is 4.46. The molecule has 0 unspecified atom stereocenters. The molecule has 39 heavy (non-hydrogen) atoms. The molecule has 0 bridgehead atoms. The minimum atomic E-state index is -3.97. The van der Waals surface area contributed by atoms with Crippen LogP contribution in [0.25, 0.3) is 12.2 Å². The van der Waals surface area contributed by atoms with Gasteiger partial charge in [-0.2, -0.15) is 4.31 Å². The SMILES string of the molecule is COc1cc(NC(=O)C2CCN(S(=O)(=O)c3c(C)noc3C=Cc3ccccc3F)CC2)cc(OC)c1OC. The van der Waals surface area contributed by atoms with Crippen molar-refractivity contribution < 1.29 is 36.3 Å². The van der Waals surface area contributed by atoms with E-state index in [0.29, 0.717) is 35.8 Å². The zero-order valence-corrected chi connectivity index (χ0v) is 22.9. The first-order chi connectivity index (χ1) is 18.7. The van der Waals surface area contributed by atoms with E-state index in [0.717, 1.165) is 0 Å². The van der Waals surface area contributed by atoms with Gasteiger partial charge in [0, 0.05) is 42.4 Å². The van der Waals surface area contributed by atoms with Gasteiger partial charge in [0.25, 0.3) is 0 Å². The third-order valence-electron chi connectivity index (χ3n) is 6.51. The standard InChI is InChI=1S/C27H30FN3O7S/c1-17-26(22(38-30-17)10-9-18-7-5-6-8-21(18)28)39(33,34)31-13-11-19(12-14-31)27(32)29-20-15-23(35-2)25(37-4)24(16-20)36-3/h5-10,15-16,19H,11-14H2,1-4H3,(H,29,32). The third-order valence-corrected chi connectivity index (χ3v) is 8.57. The monoisotopic (exact) mass is 559 g/mol. The number of amides is 1. The summed E-state index contributed by atoms with van der Waals surface area (Å²) in [7, 11) is 0.482. The minimum Gasteiger partial charge on any atom is -0.493 e. The number of carbonyl (C=O) groups is 1. The molecule has 2 aromatic carbocycles. The highest BCUT2D eigenvalue weighted by atomic mass is 32.2. The van der Waals surface area contributed by atoms with Crippen LogP contribution in [-0.2, 0) is 14.8 Å². The van der Waals surface area contributed by atoms with Crippen molar-refractivity contribution >= 4 is 33.8 Å². The Labute approximate surface area is 226 Å². The molecule has 12 heteroatoms. The summed E-state index contributed by atoms with van der Waals surface area (Å²) in [5.41, 5.74) is 0.954. The van der Waals surface area contributed by atoms with Crippen LogP contribution < -0.4 is 19.5 Å². The minimum absolute atomic E-state index is 0.0121. The lowest BCUT2D eigenvalue weighted by Crippen LogP contribution is -2.41. The highest BCUT2D eigenvalue weighted by Gasteiger charge is 2.36. The number of anilines is 1. The number of rotatable bonds is 9.